The summed E-state index contributed by atoms with van der Waals surface area (Å²) in [5, 5.41) is 16.4. The second-order valence-electron chi connectivity index (χ2n) is 8.15. The highest BCUT2D eigenvalue weighted by Crippen LogP contribution is 2.14. The standard InChI is InChI=1S/C10H18O2.C5H10O2.C5H10O/c1-8(2)6-7-12-9(11)10(3,4)5;1-5(2,3)4(6)7;1-5(2)3-4-6/h6H,7H2,1-5H3;1-3H3,(H,6,7);3,6H,4H2,1-2H3. The molecule has 25 heavy (non-hydrogen) atoms. The summed E-state index contributed by atoms with van der Waals surface area (Å²) in [5.41, 5.74) is 1.35. The van der Waals surface area contributed by atoms with Crippen molar-refractivity contribution in [1.82, 2.24) is 0 Å². The van der Waals surface area contributed by atoms with Gasteiger partial charge >= 0.3 is 11.9 Å². The van der Waals surface area contributed by atoms with Gasteiger partial charge < -0.3 is 14.9 Å². The fraction of sp³-hybridized carbons (Fsp3) is 0.700. The van der Waals surface area contributed by atoms with Gasteiger partial charge in [0.15, 0.2) is 0 Å². The molecule has 0 aliphatic rings. The first-order valence-corrected chi connectivity index (χ1v) is 8.33. The van der Waals surface area contributed by atoms with E-state index in [-0.39, 0.29) is 12.6 Å². The Hall–Kier alpha value is -1.62. The van der Waals surface area contributed by atoms with Crippen LogP contribution in [0.3, 0.4) is 0 Å². The van der Waals surface area contributed by atoms with Crippen molar-refractivity contribution in [2.75, 3.05) is 13.2 Å². The van der Waals surface area contributed by atoms with E-state index < -0.39 is 16.8 Å². The van der Waals surface area contributed by atoms with E-state index in [4.69, 9.17) is 14.9 Å². The van der Waals surface area contributed by atoms with E-state index in [0.717, 1.165) is 11.1 Å². The van der Waals surface area contributed by atoms with Gasteiger partial charge in [0.2, 0.25) is 0 Å². The molecule has 5 nitrogen and oxygen atoms in total. The number of carboxylic acids is 1. The Bertz CT molecular complexity index is 438. The molecule has 0 aromatic carbocycles. The molecule has 0 amide bonds. The van der Waals surface area contributed by atoms with Crippen molar-refractivity contribution in [2.24, 2.45) is 10.8 Å². The lowest BCUT2D eigenvalue weighted by molar-refractivity contribution is -0.151. The Morgan fingerprint density at radius 3 is 1.36 bits per heavy atom. The Labute approximate surface area is 153 Å². The monoisotopic (exact) mass is 358 g/mol. The summed E-state index contributed by atoms with van der Waals surface area (Å²) in [5.74, 6) is -0.910. The van der Waals surface area contributed by atoms with Gasteiger partial charge in [0, 0.05) is 0 Å². The molecular weight excluding hydrogens is 320 g/mol. The number of allylic oxidation sites excluding steroid dienone is 2. The van der Waals surface area contributed by atoms with Crippen LogP contribution in [0, 0.1) is 10.8 Å². The molecule has 0 radical (unpaired) electrons. The summed E-state index contributed by atoms with van der Waals surface area (Å²) in [6.07, 6.45) is 3.66. The van der Waals surface area contributed by atoms with Crippen molar-refractivity contribution in [3.63, 3.8) is 0 Å². The van der Waals surface area contributed by atoms with Gasteiger partial charge in [-0.15, -0.1) is 0 Å². The lowest BCUT2D eigenvalue weighted by atomic mass is 9.97. The molecule has 0 aliphatic heterocycles. The average molecular weight is 359 g/mol. The number of aliphatic carboxylic acids is 1. The zero-order chi connectivity index (χ0) is 20.8. The minimum absolute atomic E-state index is 0.153. The molecule has 148 valence electrons. The van der Waals surface area contributed by atoms with Crippen LogP contribution in [0.5, 0.6) is 0 Å². The van der Waals surface area contributed by atoms with Crippen molar-refractivity contribution >= 4 is 11.9 Å². The van der Waals surface area contributed by atoms with Gasteiger partial charge in [-0.3, -0.25) is 9.59 Å². The SMILES string of the molecule is CC(C)(C)C(=O)O.CC(C)=CCO.CC(C)=CCOC(=O)C(C)(C)C. The number of aliphatic hydroxyl groups excluding tert-OH is 1. The second-order valence-corrected chi connectivity index (χ2v) is 8.15. The first-order chi connectivity index (χ1) is 11.1. The third-order valence-electron chi connectivity index (χ3n) is 2.46. The van der Waals surface area contributed by atoms with Crippen LogP contribution in [0.1, 0.15) is 69.2 Å². The van der Waals surface area contributed by atoms with Gasteiger partial charge in [0.1, 0.15) is 6.61 Å². The summed E-state index contributed by atoms with van der Waals surface area (Å²) in [7, 11) is 0. The maximum absolute atomic E-state index is 11.2. The number of esters is 1. The van der Waals surface area contributed by atoms with E-state index in [1.807, 2.05) is 54.5 Å². The number of hydrogen-bond donors (Lipinski definition) is 2. The molecule has 0 aliphatic carbocycles. The number of carbonyl (C=O) groups excluding carboxylic acids is 1. The number of aliphatic hydroxyl groups is 1. The molecular formula is C20H38O5. The summed E-state index contributed by atoms with van der Waals surface area (Å²) >= 11 is 0. The number of carbonyl (C=O) groups is 2. The van der Waals surface area contributed by atoms with Crippen LogP contribution < -0.4 is 0 Å². The molecule has 5 heteroatoms. The quantitative estimate of drug-likeness (QED) is 0.569. The minimum atomic E-state index is -0.757. The summed E-state index contributed by atoms with van der Waals surface area (Å²) in [4.78, 5) is 21.2. The number of hydrogen-bond acceptors (Lipinski definition) is 4. The van der Waals surface area contributed by atoms with E-state index >= 15 is 0 Å². The van der Waals surface area contributed by atoms with Gasteiger partial charge in [-0.1, -0.05) is 17.2 Å². The van der Waals surface area contributed by atoms with Crippen molar-refractivity contribution in [1.29, 1.82) is 0 Å². The summed E-state index contributed by atoms with van der Waals surface area (Å²) in [6.45, 7) is 18.9. The lowest BCUT2D eigenvalue weighted by Gasteiger charge is -2.15. The molecule has 0 saturated carbocycles. The predicted molar refractivity (Wildman–Crippen MR) is 103 cm³/mol. The van der Waals surface area contributed by atoms with Crippen LogP contribution in [-0.2, 0) is 14.3 Å². The third kappa shape index (κ3) is 24.7. The van der Waals surface area contributed by atoms with Gasteiger partial charge in [-0.05, 0) is 75.3 Å². The Kier molecular flexibility index (Phi) is 15.4. The van der Waals surface area contributed by atoms with E-state index in [1.54, 1.807) is 26.8 Å². The van der Waals surface area contributed by atoms with Crippen LogP contribution in [0.15, 0.2) is 23.3 Å². The normalized spacial score (nSPS) is 10.2. The first kappa shape index (κ1) is 28.2. The molecule has 0 bridgehead atoms. The van der Waals surface area contributed by atoms with E-state index in [9.17, 15) is 9.59 Å². The van der Waals surface area contributed by atoms with Crippen LogP contribution in [0.2, 0.25) is 0 Å². The van der Waals surface area contributed by atoms with Crippen LogP contribution >= 0.6 is 0 Å². The van der Waals surface area contributed by atoms with Gasteiger partial charge in [0.05, 0.1) is 17.4 Å². The van der Waals surface area contributed by atoms with E-state index in [2.05, 4.69) is 0 Å². The maximum atomic E-state index is 11.2. The lowest BCUT2D eigenvalue weighted by Crippen LogP contribution is -2.22. The molecule has 0 aromatic rings. The summed E-state index contributed by atoms with van der Waals surface area (Å²) < 4.78 is 5.00. The van der Waals surface area contributed by atoms with Gasteiger partial charge in [-0.25, -0.2) is 0 Å². The van der Waals surface area contributed by atoms with Crippen LogP contribution in [-0.4, -0.2) is 35.4 Å². The fourth-order valence-electron chi connectivity index (χ4n) is 0.683. The number of ether oxygens (including phenoxy) is 1. The third-order valence-corrected chi connectivity index (χ3v) is 2.46. The van der Waals surface area contributed by atoms with Crippen LogP contribution in [0.25, 0.3) is 0 Å². The fourth-order valence-corrected chi connectivity index (χ4v) is 0.683. The van der Waals surface area contributed by atoms with E-state index in [1.165, 1.54) is 0 Å². The topological polar surface area (TPSA) is 83.8 Å². The zero-order valence-corrected chi connectivity index (χ0v) is 17.7. The molecule has 0 heterocycles. The Morgan fingerprint density at radius 1 is 0.840 bits per heavy atom. The average Bonchev–Trinajstić information content (AvgIpc) is 2.37. The molecule has 0 aromatic heterocycles. The van der Waals surface area contributed by atoms with E-state index in [0.29, 0.717) is 6.61 Å². The molecule has 0 fully saturated rings. The van der Waals surface area contributed by atoms with Crippen molar-refractivity contribution in [2.45, 2.75) is 69.2 Å². The van der Waals surface area contributed by atoms with Crippen molar-refractivity contribution in [3.8, 4) is 0 Å². The van der Waals surface area contributed by atoms with Crippen LogP contribution in [0.4, 0.5) is 0 Å². The van der Waals surface area contributed by atoms with Crippen molar-refractivity contribution < 1.29 is 24.5 Å². The predicted octanol–water partition coefficient (Wildman–Crippen LogP) is 4.60. The highest BCUT2D eigenvalue weighted by atomic mass is 16.5. The highest BCUT2D eigenvalue weighted by Gasteiger charge is 2.22. The smallest absolute Gasteiger partial charge is 0.311 e. The number of rotatable bonds is 3. The Morgan fingerprint density at radius 2 is 1.20 bits per heavy atom. The zero-order valence-electron chi connectivity index (χ0n) is 17.7. The first-order valence-electron chi connectivity index (χ1n) is 8.33. The molecule has 0 atom stereocenters. The van der Waals surface area contributed by atoms with Gasteiger partial charge in [-0.2, -0.15) is 0 Å². The Balaban J connectivity index is -0.000000317. The molecule has 0 spiro atoms. The second kappa shape index (κ2) is 13.6. The summed E-state index contributed by atoms with van der Waals surface area (Å²) in [6, 6.07) is 0. The molecule has 0 saturated heterocycles. The molecule has 2 N–H and O–H groups in total. The van der Waals surface area contributed by atoms with Crippen molar-refractivity contribution in [3.05, 3.63) is 23.3 Å². The highest BCUT2D eigenvalue weighted by molar-refractivity contribution is 5.75. The number of carboxylic acid groups (broad SMARTS) is 1. The maximum Gasteiger partial charge on any atom is 0.311 e. The minimum Gasteiger partial charge on any atom is -0.481 e. The van der Waals surface area contributed by atoms with Gasteiger partial charge in [0.25, 0.3) is 0 Å². The molecule has 0 unspecified atom stereocenters. The molecule has 0 rings (SSSR count). The largest absolute Gasteiger partial charge is 0.481 e.